The van der Waals surface area contributed by atoms with E-state index in [1.54, 1.807) is 0 Å². The fourth-order valence-electron chi connectivity index (χ4n) is 19.4. The molecule has 1 atom stereocenters. The van der Waals surface area contributed by atoms with Gasteiger partial charge in [-0.1, -0.05) is 334 Å². The summed E-state index contributed by atoms with van der Waals surface area (Å²) >= 11 is 0. The Hall–Kier alpha value is -13.9. The van der Waals surface area contributed by atoms with Crippen LogP contribution in [-0.2, 0) is 10.8 Å². The number of nitrogens with zero attached hydrogens (tertiary/aromatic N) is 5. The Morgan fingerprint density at radius 1 is 0.198 bits per heavy atom. The van der Waals surface area contributed by atoms with Crippen molar-refractivity contribution >= 4 is 43.6 Å². The third kappa shape index (κ3) is 8.00. The molecule has 0 N–H and O–H groups in total. The second-order valence-electron chi connectivity index (χ2n) is 28.7. The number of aromatic nitrogens is 5. The van der Waals surface area contributed by atoms with Gasteiger partial charge in [0.2, 0.25) is 5.95 Å². The highest BCUT2D eigenvalue weighted by molar-refractivity contribution is 6.19. The smallest absolute Gasteiger partial charge is 0.238 e. The molecular weight excluding hydrogens is 1280 g/mol. The predicted octanol–water partition coefficient (Wildman–Crippen LogP) is 24.8. The Morgan fingerprint density at radius 3 is 1.18 bits per heavy atom. The number of rotatable bonds is 8. The van der Waals surface area contributed by atoms with Gasteiger partial charge >= 0.3 is 0 Å². The summed E-state index contributed by atoms with van der Waals surface area (Å²) in [5.74, 6) is 1.72. The minimum absolute atomic E-state index is 0.544. The average Bonchev–Trinajstić information content (AvgIpc) is 1.50. The van der Waals surface area contributed by atoms with E-state index in [9.17, 15) is 0 Å². The quantitative estimate of drug-likeness (QED) is 0.152. The number of hydrogen-bond acceptors (Lipinski definition) is 3. The maximum absolute atomic E-state index is 5.71. The Kier molecular flexibility index (Phi) is 12.4. The highest BCUT2D eigenvalue weighted by Crippen LogP contribution is 2.67. The molecule has 2 spiro atoms. The van der Waals surface area contributed by atoms with Crippen molar-refractivity contribution in [3.8, 4) is 123 Å². The summed E-state index contributed by atoms with van der Waals surface area (Å²) < 4.78 is 4.88. The molecule has 23 rings (SSSR count). The molecule has 5 heteroatoms. The van der Waals surface area contributed by atoms with Gasteiger partial charge in [0.15, 0.2) is 11.6 Å². The van der Waals surface area contributed by atoms with Crippen molar-refractivity contribution in [3.63, 3.8) is 0 Å². The van der Waals surface area contributed by atoms with Gasteiger partial charge in [0, 0.05) is 49.5 Å². The van der Waals surface area contributed by atoms with E-state index in [0.717, 1.165) is 55.3 Å². The molecule has 0 radical (unpaired) electrons. The predicted molar refractivity (Wildman–Crippen MR) is 434 cm³/mol. The van der Waals surface area contributed by atoms with Gasteiger partial charge in [-0.3, -0.25) is 4.57 Å². The van der Waals surface area contributed by atoms with Gasteiger partial charge in [0.1, 0.15) is 0 Å². The lowest BCUT2D eigenvalue weighted by atomic mass is 9.70. The topological polar surface area (TPSA) is 48.5 Å². The third-order valence-corrected chi connectivity index (χ3v) is 23.6. The van der Waals surface area contributed by atoms with Crippen LogP contribution in [0.4, 0.5) is 0 Å². The van der Waals surface area contributed by atoms with Gasteiger partial charge in [-0.15, -0.1) is 0 Å². The van der Waals surface area contributed by atoms with E-state index < -0.39 is 10.8 Å². The maximum Gasteiger partial charge on any atom is 0.238 e. The van der Waals surface area contributed by atoms with Crippen molar-refractivity contribution in [2.24, 2.45) is 0 Å². The standard InChI is InChI=1S/C101H61N5/c1-4-24-62(25-5-1)65-50-53-71(54-51-65)105-91-59-52-69(64-28-8-3-9-29-64)61-81(91)77-56-58-89-93(95(77)105)80-37-14-20-43-86(80)101(89)84-41-18-12-35-78(84)92-72(38-23-44-87(92)101)66-46-48-67(49-47-66)97-102-98(70-31-22-30-68(60-70)63-26-6-2-7-27-63)104-99(103-97)106-90-45-21-15-34-75(90)76-55-57-88-94(96(76)106)79-36-13-19-42-85(79)100(88)82-39-16-10-32-73(82)74-33-11-17-40-83(74)100/h1-61H. The molecule has 16 aromatic carbocycles. The van der Waals surface area contributed by atoms with Crippen molar-refractivity contribution in [3.05, 3.63) is 415 Å². The van der Waals surface area contributed by atoms with Gasteiger partial charge in [0.25, 0.3) is 0 Å². The lowest BCUT2D eigenvalue weighted by molar-refractivity contribution is 0.794. The summed E-state index contributed by atoms with van der Waals surface area (Å²) in [6.07, 6.45) is 0. The molecule has 0 saturated carbocycles. The van der Waals surface area contributed by atoms with E-state index in [0.29, 0.717) is 17.6 Å². The Morgan fingerprint density at radius 2 is 0.575 bits per heavy atom. The van der Waals surface area contributed by atoms with Gasteiger partial charge in [0.05, 0.1) is 32.9 Å². The highest BCUT2D eigenvalue weighted by Gasteiger charge is 2.54. The number of hydrogen-bond donors (Lipinski definition) is 0. The molecule has 3 heterocycles. The summed E-state index contributed by atoms with van der Waals surface area (Å²) in [5.41, 5.74) is 35.7. The summed E-state index contributed by atoms with van der Waals surface area (Å²) in [7, 11) is 0. The van der Waals surface area contributed by atoms with Crippen LogP contribution in [0.5, 0.6) is 0 Å². The minimum atomic E-state index is -0.632. The monoisotopic (exact) mass is 1340 g/mol. The van der Waals surface area contributed by atoms with Gasteiger partial charge in [-0.05, 0) is 159 Å². The van der Waals surface area contributed by atoms with Crippen molar-refractivity contribution < 1.29 is 0 Å². The molecule has 0 amide bonds. The van der Waals surface area contributed by atoms with Gasteiger partial charge < -0.3 is 4.57 Å². The minimum Gasteiger partial charge on any atom is -0.309 e. The van der Waals surface area contributed by atoms with E-state index in [1.165, 1.54) is 139 Å². The highest BCUT2D eigenvalue weighted by atomic mass is 15.2. The molecule has 0 fully saturated rings. The van der Waals surface area contributed by atoms with Crippen LogP contribution in [0.15, 0.2) is 370 Å². The normalized spacial score (nSPS) is 14.3. The molecule has 4 aliphatic carbocycles. The van der Waals surface area contributed by atoms with Crippen LogP contribution in [0.3, 0.4) is 0 Å². The summed E-state index contributed by atoms with van der Waals surface area (Å²) in [4.78, 5) is 16.9. The largest absolute Gasteiger partial charge is 0.309 e. The zero-order valence-electron chi connectivity index (χ0n) is 57.5. The molecule has 0 bridgehead atoms. The first-order chi connectivity index (χ1) is 52.6. The molecule has 19 aromatic rings. The van der Waals surface area contributed by atoms with E-state index >= 15 is 0 Å². The molecule has 0 saturated heterocycles. The van der Waals surface area contributed by atoms with Gasteiger partial charge in [-0.25, -0.2) is 4.98 Å². The van der Waals surface area contributed by atoms with Crippen LogP contribution in [0.1, 0.15) is 44.5 Å². The lowest BCUT2D eigenvalue weighted by Gasteiger charge is -2.30. The van der Waals surface area contributed by atoms with Crippen LogP contribution >= 0.6 is 0 Å². The van der Waals surface area contributed by atoms with E-state index in [4.69, 9.17) is 15.0 Å². The van der Waals surface area contributed by atoms with Crippen LogP contribution in [0.25, 0.3) is 167 Å². The molecule has 490 valence electrons. The zero-order chi connectivity index (χ0) is 69.3. The summed E-state index contributed by atoms with van der Waals surface area (Å²) in [5, 5.41) is 4.72. The Bertz CT molecular complexity index is 6880. The fraction of sp³-hybridized carbons (Fsp3) is 0.0198. The van der Waals surface area contributed by atoms with Crippen LogP contribution < -0.4 is 0 Å². The number of para-hydroxylation sites is 1. The molecule has 1 unspecified atom stereocenters. The van der Waals surface area contributed by atoms with Crippen molar-refractivity contribution in [2.75, 3.05) is 0 Å². The first kappa shape index (κ1) is 58.7. The molecule has 3 aromatic heterocycles. The first-order valence-electron chi connectivity index (χ1n) is 36.6. The molecule has 0 aliphatic heterocycles. The van der Waals surface area contributed by atoms with Gasteiger partial charge in [-0.2, -0.15) is 9.97 Å². The van der Waals surface area contributed by atoms with E-state index in [1.807, 2.05) is 0 Å². The van der Waals surface area contributed by atoms with Crippen LogP contribution in [-0.4, -0.2) is 24.1 Å². The second kappa shape index (κ2) is 22.3. The Labute approximate surface area is 612 Å². The summed E-state index contributed by atoms with van der Waals surface area (Å²) in [6, 6.07) is 137. The Balaban J connectivity index is 0.711. The molecular formula is C101H61N5. The van der Waals surface area contributed by atoms with E-state index in [-0.39, 0.29) is 0 Å². The molecule has 106 heavy (non-hydrogen) atoms. The third-order valence-electron chi connectivity index (χ3n) is 23.6. The van der Waals surface area contributed by atoms with Crippen molar-refractivity contribution in [2.45, 2.75) is 10.8 Å². The maximum atomic E-state index is 5.71. The van der Waals surface area contributed by atoms with Crippen molar-refractivity contribution in [1.82, 2.24) is 24.1 Å². The number of benzene rings is 16. The second-order valence-corrected chi connectivity index (χ2v) is 28.7. The lowest BCUT2D eigenvalue weighted by Crippen LogP contribution is -2.25. The summed E-state index contributed by atoms with van der Waals surface area (Å²) in [6.45, 7) is 0. The fourth-order valence-corrected chi connectivity index (χ4v) is 19.4. The van der Waals surface area contributed by atoms with Crippen LogP contribution in [0.2, 0.25) is 0 Å². The zero-order valence-corrected chi connectivity index (χ0v) is 57.5. The number of fused-ring (bicyclic) bond motifs is 28. The average molecular weight is 1340 g/mol. The van der Waals surface area contributed by atoms with Crippen LogP contribution in [0, 0.1) is 0 Å². The van der Waals surface area contributed by atoms with Crippen molar-refractivity contribution in [1.29, 1.82) is 0 Å². The van der Waals surface area contributed by atoms with E-state index in [2.05, 4.69) is 379 Å². The molecule has 4 aliphatic rings. The molecule has 5 nitrogen and oxygen atoms in total. The first-order valence-corrected chi connectivity index (χ1v) is 36.6. The SMILES string of the molecule is c1ccc(-c2ccc(-n3c4ccc(-c5ccccc5)cc4c4ccc5c(c43)-c3ccccc3C53c4ccccc4-c4c(-c5ccc(-c6nc(-c7cccc(-c8ccccc8)c7)nc(-n7c8ccccc8c8ccc9c(c87)-c7ccccc7C97c8ccccc8-c8ccccc87)n6)cc5)cccc43)cc2)cc1.